The minimum absolute atomic E-state index is 0.100. The number of aliphatic carboxylic acids is 1. The molecule has 0 fully saturated rings. The van der Waals surface area contributed by atoms with Gasteiger partial charge in [0.05, 0.1) is 13.7 Å². The lowest BCUT2D eigenvalue weighted by Gasteiger charge is -2.22. The van der Waals surface area contributed by atoms with E-state index in [4.69, 9.17) is 9.26 Å². The fourth-order valence-corrected chi connectivity index (χ4v) is 4.46. The molecule has 0 unspecified atom stereocenters. The van der Waals surface area contributed by atoms with Crippen LogP contribution in [0.1, 0.15) is 81.7 Å². The molecule has 2 aromatic carbocycles. The minimum Gasteiger partial charge on any atom is -0.496 e. The van der Waals surface area contributed by atoms with Gasteiger partial charge in [-0.25, -0.2) is 4.79 Å². The highest BCUT2D eigenvalue weighted by Crippen LogP contribution is 2.23. The maximum atomic E-state index is 12.5. The standard InChI is InChI=1S/C30H39N3O5/c1-3-4-5-6-7-8-9-10-11-19-27-31-28(38-32-27)24-17-14-15-23(20-24)21-33(29(34)30(35)36)22-25-16-12-13-18-26(25)37-2/h12-18,20H,3-11,19,21-22H2,1-2H3,(H,35,36). The van der Waals surface area contributed by atoms with Crippen molar-refractivity contribution in [1.29, 1.82) is 0 Å². The van der Waals surface area contributed by atoms with E-state index in [2.05, 4.69) is 17.1 Å². The molecule has 1 amide bonds. The molecular formula is C30H39N3O5. The van der Waals surface area contributed by atoms with Crippen LogP contribution in [0.3, 0.4) is 0 Å². The van der Waals surface area contributed by atoms with Crippen LogP contribution in [0.5, 0.6) is 5.75 Å². The Balaban J connectivity index is 1.58. The Morgan fingerprint density at radius 2 is 1.63 bits per heavy atom. The number of aromatic nitrogens is 2. The second kappa shape index (κ2) is 15.5. The zero-order chi connectivity index (χ0) is 27.2. The van der Waals surface area contributed by atoms with Gasteiger partial charge in [0.1, 0.15) is 5.75 Å². The summed E-state index contributed by atoms with van der Waals surface area (Å²) in [5.74, 6) is -0.794. The molecule has 0 atom stereocenters. The number of carbonyl (C=O) groups is 2. The molecule has 8 nitrogen and oxygen atoms in total. The number of hydrogen-bond acceptors (Lipinski definition) is 6. The predicted molar refractivity (Wildman–Crippen MR) is 146 cm³/mol. The normalized spacial score (nSPS) is 10.9. The molecule has 1 N–H and O–H groups in total. The lowest BCUT2D eigenvalue weighted by molar-refractivity contribution is -0.156. The maximum Gasteiger partial charge on any atom is 0.394 e. The van der Waals surface area contributed by atoms with Crippen molar-refractivity contribution in [2.45, 2.75) is 84.2 Å². The highest BCUT2D eigenvalue weighted by atomic mass is 16.5. The smallest absolute Gasteiger partial charge is 0.394 e. The van der Waals surface area contributed by atoms with E-state index in [0.29, 0.717) is 17.5 Å². The molecule has 3 aromatic rings. The topological polar surface area (TPSA) is 106 Å². The summed E-state index contributed by atoms with van der Waals surface area (Å²) in [6.07, 6.45) is 12.1. The third-order valence-electron chi connectivity index (χ3n) is 6.54. The Labute approximate surface area is 225 Å². The summed E-state index contributed by atoms with van der Waals surface area (Å²) < 4.78 is 10.9. The second-order valence-corrected chi connectivity index (χ2v) is 9.57. The van der Waals surface area contributed by atoms with Crippen molar-refractivity contribution in [1.82, 2.24) is 15.0 Å². The zero-order valence-electron chi connectivity index (χ0n) is 22.5. The van der Waals surface area contributed by atoms with Gasteiger partial charge < -0.3 is 19.3 Å². The number of hydrogen-bond donors (Lipinski definition) is 1. The number of para-hydroxylation sites is 1. The lowest BCUT2D eigenvalue weighted by atomic mass is 10.1. The molecule has 204 valence electrons. The summed E-state index contributed by atoms with van der Waals surface area (Å²) in [7, 11) is 1.54. The molecule has 38 heavy (non-hydrogen) atoms. The van der Waals surface area contributed by atoms with E-state index in [1.54, 1.807) is 13.2 Å². The molecule has 1 aromatic heterocycles. The number of benzene rings is 2. The van der Waals surface area contributed by atoms with E-state index >= 15 is 0 Å². The number of nitrogens with zero attached hydrogens (tertiary/aromatic N) is 3. The molecule has 0 aliphatic carbocycles. The molecule has 0 aliphatic rings. The summed E-state index contributed by atoms with van der Waals surface area (Å²) in [4.78, 5) is 29.8. The number of carboxylic acid groups (broad SMARTS) is 1. The van der Waals surface area contributed by atoms with Crippen LogP contribution in [0.2, 0.25) is 0 Å². The number of carboxylic acids is 1. The van der Waals surface area contributed by atoms with Crippen molar-refractivity contribution in [3.63, 3.8) is 0 Å². The van der Waals surface area contributed by atoms with E-state index in [0.717, 1.165) is 36.0 Å². The highest BCUT2D eigenvalue weighted by Gasteiger charge is 2.23. The Bertz CT molecular complexity index is 1160. The van der Waals surface area contributed by atoms with Crippen LogP contribution in [0, 0.1) is 0 Å². The van der Waals surface area contributed by atoms with Gasteiger partial charge in [0.25, 0.3) is 5.89 Å². The van der Waals surface area contributed by atoms with Crippen molar-refractivity contribution < 1.29 is 24.0 Å². The third-order valence-corrected chi connectivity index (χ3v) is 6.54. The van der Waals surface area contributed by atoms with Crippen LogP contribution >= 0.6 is 0 Å². The van der Waals surface area contributed by atoms with Gasteiger partial charge >= 0.3 is 11.9 Å². The minimum atomic E-state index is -1.51. The molecule has 1 heterocycles. The number of unbranched alkanes of at least 4 members (excludes halogenated alkanes) is 8. The maximum absolute atomic E-state index is 12.5. The predicted octanol–water partition coefficient (Wildman–Crippen LogP) is 6.43. The number of carbonyl (C=O) groups excluding carboxylic acids is 1. The Morgan fingerprint density at radius 3 is 2.34 bits per heavy atom. The van der Waals surface area contributed by atoms with Gasteiger partial charge in [-0.05, 0) is 30.2 Å². The quantitative estimate of drug-likeness (QED) is 0.171. The summed E-state index contributed by atoms with van der Waals surface area (Å²) in [6, 6.07) is 14.6. The number of amides is 1. The average Bonchev–Trinajstić information content (AvgIpc) is 3.41. The van der Waals surface area contributed by atoms with Crippen LogP contribution < -0.4 is 4.74 Å². The van der Waals surface area contributed by atoms with E-state index in [1.807, 2.05) is 42.5 Å². The SMILES string of the molecule is CCCCCCCCCCCc1noc(-c2cccc(CN(Cc3ccccc3OC)C(=O)C(=O)O)c2)n1. The first-order chi connectivity index (χ1) is 18.5. The van der Waals surface area contributed by atoms with Crippen molar-refractivity contribution in [2.75, 3.05) is 7.11 Å². The molecule has 0 bridgehead atoms. The molecule has 8 heteroatoms. The second-order valence-electron chi connectivity index (χ2n) is 9.57. The molecule has 0 saturated heterocycles. The van der Waals surface area contributed by atoms with Gasteiger partial charge in [0, 0.05) is 24.1 Å². The lowest BCUT2D eigenvalue weighted by Crippen LogP contribution is -2.35. The first kappa shape index (κ1) is 28.9. The molecule has 3 rings (SSSR count). The van der Waals surface area contributed by atoms with Crippen molar-refractivity contribution in [3.05, 3.63) is 65.5 Å². The number of rotatable bonds is 16. The molecule has 0 saturated carbocycles. The van der Waals surface area contributed by atoms with Gasteiger partial charge in [-0.15, -0.1) is 0 Å². The van der Waals surface area contributed by atoms with Gasteiger partial charge in [-0.3, -0.25) is 4.79 Å². The van der Waals surface area contributed by atoms with Crippen LogP contribution in [0.15, 0.2) is 53.1 Å². The summed E-state index contributed by atoms with van der Waals surface area (Å²) >= 11 is 0. The monoisotopic (exact) mass is 521 g/mol. The fourth-order valence-electron chi connectivity index (χ4n) is 4.46. The third kappa shape index (κ3) is 9.01. The first-order valence-corrected chi connectivity index (χ1v) is 13.6. The van der Waals surface area contributed by atoms with E-state index in [1.165, 1.54) is 49.8 Å². The van der Waals surface area contributed by atoms with Gasteiger partial charge in [-0.1, -0.05) is 93.8 Å². The first-order valence-electron chi connectivity index (χ1n) is 13.6. The number of methoxy groups -OCH3 is 1. The molecule has 0 radical (unpaired) electrons. The van der Waals surface area contributed by atoms with Crippen LogP contribution in [0.4, 0.5) is 0 Å². The van der Waals surface area contributed by atoms with Crippen molar-refractivity contribution in [3.8, 4) is 17.2 Å². The van der Waals surface area contributed by atoms with Crippen LogP contribution in [-0.2, 0) is 29.1 Å². The van der Waals surface area contributed by atoms with Gasteiger partial charge in [0.15, 0.2) is 5.82 Å². The van der Waals surface area contributed by atoms with Crippen LogP contribution in [-0.4, -0.2) is 39.1 Å². The van der Waals surface area contributed by atoms with E-state index < -0.39 is 11.9 Å². The summed E-state index contributed by atoms with van der Waals surface area (Å²) in [5.41, 5.74) is 2.21. The zero-order valence-corrected chi connectivity index (χ0v) is 22.5. The summed E-state index contributed by atoms with van der Waals surface area (Å²) in [5, 5.41) is 13.5. The molecule has 0 spiro atoms. The molecule has 0 aliphatic heterocycles. The van der Waals surface area contributed by atoms with Gasteiger partial charge in [-0.2, -0.15) is 4.98 Å². The molecular weight excluding hydrogens is 482 g/mol. The van der Waals surface area contributed by atoms with Crippen molar-refractivity contribution >= 4 is 11.9 Å². The highest BCUT2D eigenvalue weighted by molar-refractivity contribution is 6.31. The van der Waals surface area contributed by atoms with Gasteiger partial charge in [0.2, 0.25) is 0 Å². The Kier molecular flexibility index (Phi) is 11.8. The Hall–Kier alpha value is -3.68. The largest absolute Gasteiger partial charge is 0.496 e. The Morgan fingerprint density at radius 1 is 0.921 bits per heavy atom. The summed E-state index contributed by atoms with van der Waals surface area (Å²) in [6.45, 7) is 2.45. The number of ether oxygens (including phenoxy) is 1. The van der Waals surface area contributed by atoms with Crippen LogP contribution in [0.25, 0.3) is 11.5 Å². The average molecular weight is 522 g/mol. The van der Waals surface area contributed by atoms with E-state index in [9.17, 15) is 14.7 Å². The van der Waals surface area contributed by atoms with Crippen molar-refractivity contribution in [2.24, 2.45) is 0 Å². The number of aryl methyl sites for hydroxylation is 1. The van der Waals surface area contributed by atoms with E-state index in [-0.39, 0.29) is 13.1 Å². The fraction of sp³-hybridized carbons (Fsp3) is 0.467.